The molecule has 4 amide bonds. The van der Waals surface area contributed by atoms with E-state index in [4.69, 9.17) is 4.74 Å². The van der Waals surface area contributed by atoms with Crippen molar-refractivity contribution in [2.45, 2.75) is 31.3 Å². The maximum absolute atomic E-state index is 14.5. The van der Waals surface area contributed by atoms with E-state index in [-0.39, 0.29) is 17.4 Å². The van der Waals surface area contributed by atoms with Crippen molar-refractivity contribution in [2.24, 2.45) is 0 Å². The van der Waals surface area contributed by atoms with Crippen LogP contribution in [-0.2, 0) is 16.2 Å². The number of imide groups is 2. The molecule has 1 N–H and O–H groups in total. The molecule has 6 aromatic carbocycles. The maximum Gasteiger partial charge on any atom is 0.335 e. The molecule has 0 saturated carbocycles. The third kappa shape index (κ3) is 5.94. The molecule has 0 aromatic heterocycles. The molecule has 3 aliphatic heterocycles. The Balaban J connectivity index is 1.11. The molecule has 3 aliphatic rings. The quantitative estimate of drug-likeness (QED) is 0.133. The summed E-state index contributed by atoms with van der Waals surface area (Å²) in [5.74, 6) is -0.727. The summed E-state index contributed by atoms with van der Waals surface area (Å²) >= 11 is 0. The topological polar surface area (TPSA) is 79.0 Å². The lowest BCUT2D eigenvalue weighted by Crippen LogP contribution is -2.54. The summed E-state index contributed by atoms with van der Waals surface area (Å²) in [4.78, 5) is 45.2. The predicted octanol–water partition coefficient (Wildman–Crippen LogP) is 8.96. The molecule has 7 nitrogen and oxygen atoms in total. The average Bonchev–Trinajstić information content (AvgIpc) is 3.20. The fourth-order valence-electron chi connectivity index (χ4n) is 8.32. The van der Waals surface area contributed by atoms with Gasteiger partial charge in [0.2, 0.25) is 0 Å². The first-order valence-electron chi connectivity index (χ1n) is 18.2. The highest BCUT2D eigenvalue weighted by Crippen LogP contribution is 2.50. The largest absolute Gasteiger partial charge is 0.488 e. The van der Waals surface area contributed by atoms with E-state index in [0.29, 0.717) is 23.6 Å². The minimum atomic E-state index is -0.763. The SMILES string of the molecule is O=C1NC(=O)N(c2cc3c4c(c2)[C@H](c2ccccc2)CCN4CC[C@@H]3c2ccccc2)C(=O)/C1=C/c1ccccc1OCc1cccc2ccccc12. The van der Waals surface area contributed by atoms with Crippen LogP contribution in [-0.4, -0.2) is 30.9 Å². The van der Waals surface area contributed by atoms with Gasteiger partial charge in [0.25, 0.3) is 11.8 Å². The number of hydrogen-bond acceptors (Lipinski definition) is 5. The van der Waals surface area contributed by atoms with Crippen molar-refractivity contribution in [3.8, 4) is 5.75 Å². The van der Waals surface area contributed by atoms with E-state index in [0.717, 1.165) is 58.3 Å². The van der Waals surface area contributed by atoms with Crippen LogP contribution in [0.3, 0.4) is 0 Å². The number of amides is 4. The van der Waals surface area contributed by atoms with Gasteiger partial charge in [-0.1, -0.05) is 121 Å². The third-order valence-corrected chi connectivity index (χ3v) is 10.8. The monoisotopic (exact) mass is 695 g/mol. The number of urea groups is 1. The molecule has 0 radical (unpaired) electrons. The highest BCUT2D eigenvalue weighted by molar-refractivity contribution is 6.39. The standard InChI is InChI=1S/C46H37N3O4/c50-44-41(26-33-17-8-10-21-42(33)53-29-34-19-11-18-30-16-7-9-20-36(30)34)45(51)49(46(52)47-44)35-27-39-37(31-12-3-1-4-13-31)22-24-48-25-23-38(40(28-35)43(39)48)32-14-5-2-6-15-32/h1-21,26-28,37-38H,22-25,29H2,(H,47,50,52)/b41-26+/t37-,38+. The van der Waals surface area contributed by atoms with Crippen LogP contribution in [0.2, 0.25) is 0 Å². The number of nitrogens with zero attached hydrogens (tertiary/aromatic N) is 2. The Labute approximate surface area is 308 Å². The molecule has 0 aliphatic carbocycles. The van der Waals surface area contributed by atoms with Crippen LogP contribution in [0.25, 0.3) is 16.8 Å². The molecular weight excluding hydrogens is 659 g/mol. The Morgan fingerprint density at radius 2 is 1.28 bits per heavy atom. The molecule has 0 spiro atoms. The van der Waals surface area contributed by atoms with Gasteiger partial charge in [0.1, 0.15) is 17.9 Å². The number of fused-ring (bicyclic) bond motifs is 1. The van der Waals surface area contributed by atoms with E-state index in [9.17, 15) is 14.4 Å². The van der Waals surface area contributed by atoms with Crippen molar-refractivity contribution in [3.05, 3.63) is 178 Å². The Kier molecular flexibility index (Phi) is 8.31. The number of rotatable bonds is 7. The van der Waals surface area contributed by atoms with Gasteiger partial charge in [-0.3, -0.25) is 14.9 Å². The Hall–Kier alpha value is -6.47. The summed E-state index contributed by atoms with van der Waals surface area (Å²) < 4.78 is 6.32. The van der Waals surface area contributed by atoms with Crippen LogP contribution in [0, 0.1) is 0 Å². The Bertz CT molecular complexity index is 2350. The summed E-state index contributed by atoms with van der Waals surface area (Å²) in [6.07, 6.45) is 3.35. The zero-order valence-electron chi connectivity index (χ0n) is 29.1. The van der Waals surface area contributed by atoms with Crippen LogP contribution in [0.4, 0.5) is 16.2 Å². The van der Waals surface area contributed by atoms with E-state index in [2.05, 4.69) is 76.9 Å². The number of para-hydroxylation sites is 1. The molecule has 7 heteroatoms. The number of barbiturate groups is 1. The highest BCUT2D eigenvalue weighted by Gasteiger charge is 2.40. The Morgan fingerprint density at radius 3 is 1.98 bits per heavy atom. The summed E-state index contributed by atoms with van der Waals surface area (Å²) in [6.45, 7) is 2.15. The van der Waals surface area contributed by atoms with Crippen molar-refractivity contribution in [2.75, 3.05) is 22.9 Å². The maximum atomic E-state index is 14.5. The molecule has 2 atom stereocenters. The zero-order valence-corrected chi connectivity index (χ0v) is 29.1. The van der Waals surface area contributed by atoms with Crippen LogP contribution in [0.1, 0.15) is 58.1 Å². The summed E-state index contributed by atoms with van der Waals surface area (Å²) in [7, 11) is 0. The number of ether oxygens (including phenoxy) is 1. The number of benzene rings is 6. The van der Waals surface area contributed by atoms with Gasteiger partial charge < -0.3 is 9.64 Å². The zero-order chi connectivity index (χ0) is 35.9. The van der Waals surface area contributed by atoms with Crippen molar-refractivity contribution < 1.29 is 19.1 Å². The van der Waals surface area contributed by atoms with Crippen LogP contribution >= 0.6 is 0 Å². The lowest BCUT2D eigenvalue weighted by atomic mass is 9.76. The number of nitrogens with one attached hydrogen (secondary N) is 1. The van der Waals surface area contributed by atoms with Gasteiger partial charge in [0, 0.05) is 36.2 Å². The van der Waals surface area contributed by atoms with E-state index in [1.165, 1.54) is 22.9 Å². The number of carbonyl (C=O) groups is 3. The van der Waals surface area contributed by atoms with Crippen molar-refractivity contribution in [1.82, 2.24) is 5.32 Å². The number of carbonyl (C=O) groups excluding carboxylic acids is 3. The molecule has 6 aromatic rings. The predicted molar refractivity (Wildman–Crippen MR) is 208 cm³/mol. The second kappa shape index (κ2) is 13.6. The third-order valence-electron chi connectivity index (χ3n) is 10.8. The minimum absolute atomic E-state index is 0.0843. The number of anilines is 2. The lowest BCUT2D eigenvalue weighted by molar-refractivity contribution is -0.122. The van der Waals surface area contributed by atoms with E-state index >= 15 is 0 Å². The smallest absolute Gasteiger partial charge is 0.335 e. The molecule has 260 valence electrons. The van der Waals surface area contributed by atoms with Crippen LogP contribution in [0.15, 0.2) is 145 Å². The Morgan fingerprint density at radius 1 is 0.679 bits per heavy atom. The van der Waals surface area contributed by atoms with Crippen molar-refractivity contribution in [3.63, 3.8) is 0 Å². The van der Waals surface area contributed by atoms with Crippen molar-refractivity contribution in [1.29, 1.82) is 0 Å². The van der Waals surface area contributed by atoms with Gasteiger partial charge in [0.15, 0.2) is 0 Å². The van der Waals surface area contributed by atoms with E-state index in [1.54, 1.807) is 6.07 Å². The normalized spacial score (nSPS) is 18.9. The van der Waals surface area contributed by atoms with Crippen LogP contribution < -0.4 is 19.9 Å². The van der Waals surface area contributed by atoms with Gasteiger partial charge in [0.05, 0.1) is 5.69 Å². The van der Waals surface area contributed by atoms with Gasteiger partial charge in [-0.25, -0.2) is 9.69 Å². The average molecular weight is 696 g/mol. The minimum Gasteiger partial charge on any atom is -0.488 e. The molecular formula is C46H37N3O4. The summed E-state index contributed by atoms with van der Waals surface area (Å²) in [5, 5.41) is 4.67. The second-order valence-corrected chi connectivity index (χ2v) is 13.9. The molecule has 1 fully saturated rings. The van der Waals surface area contributed by atoms with Gasteiger partial charge in [-0.2, -0.15) is 0 Å². The first kappa shape index (κ1) is 32.4. The highest BCUT2D eigenvalue weighted by atomic mass is 16.5. The van der Waals surface area contributed by atoms with Crippen molar-refractivity contribution >= 4 is 46.1 Å². The first-order valence-corrected chi connectivity index (χ1v) is 18.2. The van der Waals surface area contributed by atoms with E-state index < -0.39 is 17.8 Å². The molecule has 3 heterocycles. The fourth-order valence-corrected chi connectivity index (χ4v) is 8.32. The molecule has 0 bridgehead atoms. The van der Waals surface area contributed by atoms with Gasteiger partial charge in [-0.15, -0.1) is 0 Å². The molecule has 0 unspecified atom stereocenters. The fraction of sp³-hybridized carbons (Fsp3) is 0.152. The summed E-state index contributed by atoms with van der Waals surface area (Å²) in [5.41, 5.74) is 7.64. The number of hydrogen-bond donors (Lipinski definition) is 1. The van der Waals surface area contributed by atoms with Gasteiger partial charge >= 0.3 is 6.03 Å². The second-order valence-electron chi connectivity index (χ2n) is 13.9. The lowest BCUT2D eigenvalue weighted by Gasteiger charge is -2.44. The van der Waals surface area contributed by atoms with E-state index in [1.807, 2.05) is 66.7 Å². The summed E-state index contributed by atoms with van der Waals surface area (Å²) in [6, 6.07) is 45.6. The molecule has 9 rings (SSSR count). The molecule has 53 heavy (non-hydrogen) atoms. The first-order chi connectivity index (χ1) is 26.0. The molecule has 1 saturated heterocycles. The van der Waals surface area contributed by atoms with Gasteiger partial charge in [-0.05, 0) is 75.7 Å². The van der Waals surface area contributed by atoms with Crippen LogP contribution in [0.5, 0.6) is 5.75 Å².